The summed E-state index contributed by atoms with van der Waals surface area (Å²) in [5.41, 5.74) is 2.25. The van der Waals surface area contributed by atoms with Crippen molar-refractivity contribution in [3.63, 3.8) is 0 Å². The largest absolute Gasteiger partial charge is 0.175 e. The van der Waals surface area contributed by atoms with Crippen LogP contribution in [0.3, 0.4) is 0 Å². The van der Waals surface area contributed by atoms with E-state index in [1.165, 1.54) is 16.3 Å². The minimum Gasteiger partial charge on any atom is -0.131 e. The van der Waals surface area contributed by atoms with Gasteiger partial charge in [-0.25, -0.2) is 0 Å². The van der Waals surface area contributed by atoms with Gasteiger partial charge in [-0.2, -0.15) is 0 Å². The maximum absolute atomic E-state index is 6.23. The lowest BCUT2D eigenvalue weighted by molar-refractivity contribution is 0.954. The predicted molar refractivity (Wildman–Crippen MR) is 119 cm³/mol. The lowest BCUT2D eigenvalue weighted by atomic mass is 10.1. The van der Waals surface area contributed by atoms with Gasteiger partial charge < -0.3 is 0 Å². The van der Waals surface area contributed by atoms with Crippen molar-refractivity contribution in [1.82, 2.24) is 10.2 Å². The molecular weight excluding hydrogens is 435 g/mol. The molecule has 0 aliphatic heterocycles. The van der Waals surface area contributed by atoms with Crippen molar-refractivity contribution >= 4 is 68.8 Å². The number of rotatable bonds is 6. The Kier molecular flexibility index (Phi) is 6.25. The number of thioether (sulfide) groups is 2. The molecule has 27 heavy (non-hydrogen) atoms. The van der Waals surface area contributed by atoms with Gasteiger partial charge in [0.1, 0.15) is 0 Å². The van der Waals surface area contributed by atoms with Crippen molar-refractivity contribution in [1.29, 1.82) is 0 Å². The molecule has 0 saturated heterocycles. The van der Waals surface area contributed by atoms with Gasteiger partial charge in [0.25, 0.3) is 0 Å². The van der Waals surface area contributed by atoms with Crippen LogP contribution in [-0.2, 0) is 11.5 Å². The molecule has 1 aromatic heterocycles. The van der Waals surface area contributed by atoms with E-state index in [1.54, 1.807) is 34.9 Å². The Morgan fingerprint density at radius 3 is 2.15 bits per heavy atom. The molecule has 0 spiro atoms. The molecule has 0 fully saturated rings. The first-order chi connectivity index (χ1) is 13.2. The van der Waals surface area contributed by atoms with Crippen molar-refractivity contribution in [3.05, 3.63) is 81.8 Å². The van der Waals surface area contributed by atoms with Crippen LogP contribution in [0, 0.1) is 0 Å². The summed E-state index contributed by atoms with van der Waals surface area (Å²) in [5, 5.41) is 12.5. The lowest BCUT2D eigenvalue weighted by Crippen LogP contribution is -1.84. The standard InChI is InChI=1S/C20H14Cl2N2S3/c21-17-9-4-10-18(22)16(17)12-26-20-24-23-19(27-20)25-11-14-7-3-6-13-5-1-2-8-15(13)14/h1-10H,11-12H2. The first-order valence-electron chi connectivity index (χ1n) is 8.19. The summed E-state index contributed by atoms with van der Waals surface area (Å²) >= 11 is 17.4. The van der Waals surface area contributed by atoms with Crippen molar-refractivity contribution < 1.29 is 0 Å². The van der Waals surface area contributed by atoms with E-state index in [2.05, 4.69) is 52.7 Å². The molecule has 2 nitrogen and oxygen atoms in total. The molecule has 0 N–H and O–H groups in total. The topological polar surface area (TPSA) is 25.8 Å². The molecule has 0 radical (unpaired) electrons. The molecule has 0 bridgehead atoms. The molecule has 0 unspecified atom stereocenters. The minimum atomic E-state index is 0.682. The van der Waals surface area contributed by atoms with Crippen LogP contribution >= 0.6 is 58.1 Å². The molecule has 0 amide bonds. The maximum Gasteiger partial charge on any atom is 0.175 e. The Morgan fingerprint density at radius 2 is 1.37 bits per heavy atom. The summed E-state index contributed by atoms with van der Waals surface area (Å²) < 4.78 is 1.89. The molecule has 1 heterocycles. The number of hydrogen-bond donors (Lipinski definition) is 0. The molecule has 0 atom stereocenters. The zero-order valence-corrected chi connectivity index (χ0v) is 18.0. The second kappa shape index (κ2) is 8.84. The third kappa shape index (κ3) is 4.61. The van der Waals surface area contributed by atoms with E-state index in [9.17, 15) is 0 Å². The van der Waals surface area contributed by atoms with E-state index in [0.717, 1.165) is 20.0 Å². The van der Waals surface area contributed by atoms with Crippen LogP contribution in [0.2, 0.25) is 10.0 Å². The van der Waals surface area contributed by atoms with Gasteiger partial charge in [0.05, 0.1) is 0 Å². The molecule has 0 saturated carbocycles. The second-order valence-electron chi connectivity index (χ2n) is 5.75. The number of hydrogen-bond acceptors (Lipinski definition) is 5. The highest BCUT2D eigenvalue weighted by Gasteiger charge is 2.10. The fourth-order valence-electron chi connectivity index (χ4n) is 2.68. The average molecular weight is 449 g/mol. The minimum absolute atomic E-state index is 0.682. The molecule has 0 aliphatic carbocycles. The normalized spacial score (nSPS) is 11.2. The first kappa shape index (κ1) is 19.1. The molecule has 7 heteroatoms. The van der Waals surface area contributed by atoms with Crippen LogP contribution in [0.1, 0.15) is 11.1 Å². The van der Waals surface area contributed by atoms with Crippen LogP contribution in [0.4, 0.5) is 0 Å². The zero-order chi connectivity index (χ0) is 18.6. The van der Waals surface area contributed by atoms with Gasteiger partial charge >= 0.3 is 0 Å². The van der Waals surface area contributed by atoms with Crippen molar-refractivity contribution in [3.8, 4) is 0 Å². The van der Waals surface area contributed by atoms with Gasteiger partial charge in [-0.1, -0.05) is 107 Å². The maximum atomic E-state index is 6.23. The first-order valence-corrected chi connectivity index (χ1v) is 11.7. The molecule has 136 valence electrons. The molecule has 0 aliphatic rings. The van der Waals surface area contributed by atoms with Gasteiger partial charge in [0, 0.05) is 21.6 Å². The molecule has 4 rings (SSSR count). The average Bonchev–Trinajstić information content (AvgIpc) is 3.14. The third-order valence-corrected chi connectivity index (χ3v) is 7.99. The smallest absolute Gasteiger partial charge is 0.131 e. The third-order valence-electron chi connectivity index (χ3n) is 4.02. The van der Waals surface area contributed by atoms with Crippen LogP contribution in [0.15, 0.2) is 69.3 Å². The number of halogens is 2. The zero-order valence-electron chi connectivity index (χ0n) is 14.1. The number of nitrogens with zero attached hydrogens (tertiary/aromatic N) is 2. The summed E-state index contributed by atoms with van der Waals surface area (Å²) in [6.45, 7) is 0. The van der Waals surface area contributed by atoms with Crippen molar-refractivity contribution in [2.75, 3.05) is 0 Å². The van der Waals surface area contributed by atoms with Crippen LogP contribution in [-0.4, -0.2) is 10.2 Å². The van der Waals surface area contributed by atoms with E-state index < -0.39 is 0 Å². The Labute approximate surface area is 180 Å². The molecule has 3 aromatic carbocycles. The van der Waals surface area contributed by atoms with Gasteiger partial charge in [0.15, 0.2) is 8.68 Å². The fraction of sp³-hybridized carbons (Fsp3) is 0.100. The summed E-state index contributed by atoms with van der Waals surface area (Å²) in [6.07, 6.45) is 0. The Balaban J connectivity index is 1.41. The van der Waals surface area contributed by atoms with Gasteiger partial charge in [-0.15, -0.1) is 10.2 Å². The number of benzene rings is 3. The monoisotopic (exact) mass is 448 g/mol. The number of fused-ring (bicyclic) bond motifs is 1. The Hall–Kier alpha value is -1.24. The quantitative estimate of drug-likeness (QED) is 0.283. The van der Waals surface area contributed by atoms with E-state index in [4.69, 9.17) is 23.2 Å². The summed E-state index contributed by atoms with van der Waals surface area (Å²) in [4.78, 5) is 0. The molecule has 4 aromatic rings. The van der Waals surface area contributed by atoms with Crippen molar-refractivity contribution in [2.24, 2.45) is 0 Å². The molecular formula is C20H14Cl2N2S3. The lowest BCUT2D eigenvalue weighted by Gasteiger charge is -2.05. The second-order valence-corrected chi connectivity index (χ2v) is 9.99. The SMILES string of the molecule is Clc1cccc(Cl)c1CSc1nnc(SCc2cccc3ccccc23)s1. The van der Waals surface area contributed by atoms with E-state index in [1.807, 2.05) is 18.2 Å². The van der Waals surface area contributed by atoms with E-state index in [0.29, 0.717) is 15.8 Å². The summed E-state index contributed by atoms with van der Waals surface area (Å²) in [6, 6.07) is 20.4. The van der Waals surface area contributed by atoms with Gasteiger partial charge in [-0.3, -0.25) is 0 Å². The highest BCUT2D eigenvalue weighted by molar-refractivity contribution is 8.02. The summed E-state index contributed by atoms with van der Waals surface area (Å²) in [7, 11) is 0. The van der Waals surface area contributed by atoms with Crippen LogP contribution in [0.5, 0.6) is 0 Å². The van der Waals surface area contributed by atoms with Gasteiger partial charge in [-0.05, 0) is 34.0 Å². The number of aromatic nitrogens is 2. The summed E-state index contributed by atoms with van der Waals surface area (Å²) in [5.74, 6) is 1.55. The van der Waals surface area contributed by atoms with Crippen molar-refractivity contribution in [2.45, 2.75) is 20.2 Å². The van der Waals surface area contributed by atoms with Crippen LogP contribution < -0.4 is 0 Å². The van der Waals surface area contributed by atoms with E-state index in [-0.39, 0.29) is 0 Å². The van der Waals surface area contributed by atoms with Crippen LogP contribution in [0.25, 0.3) is 10.8 Å². The van der Waals surface area contributed by atoms with Gasteiger partial charge in [0.2, 0.25) is 0 Å². The highest BCUT2D eigenvalue weighted by Crippen LogP contribution is 2.36. The predicted octanol–water partition coefficient (Wildman–Crippen LogP) is 7.58. The Bertz CT molecular complexity index is 1060. The van der Waals surface area contributed by atoms with E-state index >= 15 is 0 Å². The Morgan fingerprint density at radius 1 is 0.741 bits per heavy atom. The highest BCUT2D eigenvalue weighted by atomic mass is 35.5. The fourth-order valence-corrected chi connectivity index (χ4v) is 6.44.